The lowest BCUT2D eigenvalue weighted by molar-refractivity contribution is -0.121. The van der Waals surface area contributed by atoms with Gasteiger partial charge in [-0.3, -0.25) is 9.59 Å². The number of anilines is 2. The molecule has 0 saturated heterocycles. The lowest BCUT2D eigenvalue weighted by atomic mass is 9.77. The number of benzene rings is 3. The molecule has 0 spiro atoms. The van der Waals surface area contributed by atoms with E-state index in [0.29, 0.717) is 32.8 Å². The number of ether oxygens (including phenoxy) is 3. The third-order valence-electron chi connectivity index (χ3n) is 6.35. The van der Waals surface area contributed by atoms with Gasteiger partial charge < -0.3 is 24.4 Å². The molecule has 2 amide bonds. The maximum atomic E-state index is 14.2. The Balaban J connectivity index is 1.80. The number of amides is 2. The van der Waals surface area contributed by atoms with Crippen molar-refractivity contribution in [1.82, 2.24) is 0 Å². The molecule has 3 aromatic rings. The molecule has 1 aliphatic heterocycles. The Bertz CT molecular complexity index is 1330. The highest BCUT2D eigenvalue weighted by Gasteiger charge is 2.50. The van der Waals surface area contributed by atoms with E-state index in [-0.39, 0.29) is 25.0 Å². The zero-order valence-electron chi connectivity index (χ0n) is 20.4. The van der Waals surface area contributed by atoms with E-state index in [4.69, 9.17) is 37.4 Å². The summed E-state index contributed by atoms with van der Waals surface area (Å²) in [5, 5.41) is 3.67. The number of carbonyl (C=O) groups excluding carboxylic acids is 2. The van der Waals surface area contributed by atoms with E-state index in [1.54, 1.807) is 55.5 Å². The molecule has 1 aliphatic rings. The molecule has 0 aromatic heterocycles. The molecule has 0 saturated carbocycles. The van der Waals surface area contributed by atoms with E-state index in [2.05, 4.69) is 5.32 Å². The predicted octanol–water partition coefficient (Wildman–Crippen LogP) is 5.45. The largest absolute Gasteiger partial charge is 0.497 e. The van der Waals surface area contributed by atoms with Crippen molar-refractivity contribution in [1.29, 1.82) is 0 Å². The van der Waals surface area contributed by atoms with Crippen LogP contribution in [0.1, 0.15) is 23.6 Å². The van der Waals surface area contributed by atoms with Crippen molar-refractivity contribution in [3.8, 4) is 11.5 Å². The molecule has 0 fully saturated rings. The highest BCUT2D eigenvalue weighted by Crippen LogP contribution is 2.50. The quantitative estimate of drug-likeness (QED) is 0.420. The van der Waals surface area contributed by atoms with E-state index < -0.39 is 5.41 Å². The SMILES string of the molecule is COCC(=O)Nc1ccc(Cl)c(C2(C)C(=O)N(Cc3ccc(OC)cc3OC)c3ccc(Cl)cc32)c1. The van der Waals surface area contributed by atoms with Gasteiger partial charge in [-0.2, -0.15) is 0 Å². The molecule has 9 heteroatoms. The minimum absolute atomic E-state index is 0.0932. The number of fused-ring (bicyclic) bond motifs is 1. The summed E-state index contributed by atoms with van der Waals surface area (Å²) in [6.45, 7) is 1.99. The smallest absolute Gasteiger partial charge is 0.250 e. The summed E-state index contributed by atoms with van der Waals surface area (Å²) in [4.78, 5) is 28.0. The van der Waals surface area contributed by atoms with Crippen LogP contribution in [0.25, 0.3) is 0 Å². The second-order valence-electron chi connectivity index (χ2n) is 8.53. The van der Waals surface area contributed by atoms with E-state index in [1.807, 2.05) is 25.1 Å². The molecule has 1 N–H and O–H groups in total. The molecule has 0 bridgehead atoms. The number of nitrogens with one attached hydrogen (secondary N) is 1. The maximum Gasteiger partial charge on any atom is 0.250 e. The van der Waals surface area contributed by atoms with Gasteiger partial charge in [-0.05, 0) is 66.6 Å². The molecule has 4 rings (SSSR count). The molecular weight excluding hydrogens is 503 g/mol. The number of methoxy groups -OCH3 is 3. The Hall–Kier alpha value is -3.26. The van der Waals surface area contributed by atoms with Crippen molar-refractivity contribution in [3.05, 3.63) is 81.3 Å². The Labute approximate surface area is 219 Å². The van der Waals surface area contributed by atoms with Gasteiger partial charge in [0.05, 0.1) is 20.8 Å². The molecule has 0 aliphatic carbocycles. The summed E-state index contributed by atoms with van der Waals surface area (Å²) in [5.41, 5.74) is 2.15. The van der Waals surface area contributed by atoms with Crippen molar-refractivity contribution in [2.75, 3.05) is 38.2 Å². The zero-order valence-corrected chi connectivity index (χ0v) is 21.9. The van der Waals surface area contributed by atoms with Crippen LogP contribution in [0.4, 0.5) is 11.4 Å². The van der Waals surface area contributed by atoms with Crippen LogP contribution in [0.15, 0.2) is 54.6 Å². The van der Waals surface area contributed by atoms with Gasteiger partial charge in [0.25, 0.3) is 0 Å². The predicted molar refractivity (Wildman–Crippen MR) is 141 cm³/mol. The highest BCUT2D eigenvalue weighted by molar-refractivity contribution is 6.33. The van der Waals surface area contributed by atoms with Crippen molar-refractivity contribution < 1.29 is 23.8 Å². The Morgan fingerprint density at radius 2 is 1.75 bits per heavy atom. The molecular formula is C27H26Cl2N2O5. The highest BCUT2D eigenvalue weighted by atomic mass is 35.5. The van der Waals surface area contributed by atoms with Crippen LogP contribution in [0.3, 0.4) is 0 Å². The van der Waals surface area contributed by atoms with Gasteiger partial charge in [-0.25, -0.2) is 0 Å². The minimum atomic E-state index is -1.15. The third kappa shape index (κ3) is 4.62. The first-order valence-electron chi connectivity index (χ1n) is 11.1. The Morgan fingerprint density at radius 1 is 0.972 bits per heavy atom. The van der Waals surface area contributed by atoms with Gasteiger partial charge in [0.2, 0.25) is 11.8 Å². The summed E-state index contributed by atoms with van der Waals surface area (Å²) in [7, 11) is 4.60. The molecule has 1 atom stereocenters. The fraction of sp³-hybridized carbons (Fsp3) is 0.259. The number of carbonyl (C=O) groups is 2. The van der Waals surface area contributed by atoms with Crippen molar-refractivity contribution >= 4 is 46.4 Å². The average Bonchev–Trinajstić information content (AvgIpc) is 3.07. The van der Waals surface area contributed by atoms with Crippen molar-refractivity contribution in [2.45, 2.75) is 18.9 Å². The molecule has 1 heterocycles. The summed E-state index contributed by atoms with van der Waals surface area (Å²) in [6.07, 6.45) is 0. The standard InChI is InChI=1S/C27H26Cl2N2O5/c1-27(20-12-18(7-9-22(20)29)30-25(32)15-34-2)21-11-17(28)6-10-23(21)31(26(27)33)14-16-5-8-19(35-3)13-24(16)36-4/h5-13H,14-15H2,1-4H3,(H,30,32). The van der Waals surface area contributed by atoms with Gasteiger partial charge in [0.1, 0.15) is 23.5 Å². The fourth-order valence-corrected chi connectivity index (χ4v) is 5.00. The molecule has 0 radical (unpaired) electrons. The van der Waals surface area contributed by atoms with Crippen LogP contribution < -0.4 is 19.7 Å². The van der Waals surface area contributed by atoms with Crippen LogP contribution in [0.5, 0.6) is 11.5 Å². The first-order chi connectivity index (χ1) is 17.2. The number of hydrogen-bond donors (Lipinski definition) is 1. The van der Waals surface area contributed by atoms with Gasteiger partial charge in [-0.15, -0.1) is 0 Å². The molecule has 7 nitrogen and oxygen atoms in total. The molecule has 3 aromatic carbocycles. The monoisotopic (exact) mass is 528 g/mol. The first kappa shape index (κ1) is 25.8. The van der Waals surface area contributed by atoms with E-state index >= 15 is 0 Å². The fourth-order valence-electron chi connectivity index (χ4n) is 4.52. The van der Waals surface area contributed by atoms with Crippen LogP contribution in [-0.4, -0.2) is 39.8 Å². The minimum Gasteiger partial charge on any atom is -0.497 e. The zero-order chi connectivity index (χ0) is 26.0. The lowest BCUT2D eigenvalue weighted by Gasteiger charge is -2.27. The number of hydrogen-bond acceptors (Lipinski definition) is 5. The van der Waals surface area contributed by atoms with Gasteiger partial charge in [0, 0.05) is 40.2 Å². The van der Waals surface area contributed by atoms with Crippen molar-refractivity contribution in [2.24, 2.45) is 0 Å². The summed E-state index contributed by atoms with van der Waals surface area (Å²) < 4.78 is 15.8. The van der Waals surface area contributed by atoms with Crippen LogP contribution in [0, 0.1) is 0 Å². The molecule has 36 heavy (non-hydrogen) atoms. The second-order valence-corrected chi connectivity index (χ2v) is 9.37. The van der Waals surface area contributed by atoms with E-state index in [9.17, 15) is 9.59 Å². The lowest BCUT2D eigenvalue weighted by Crippen LogP contribution is -2.39. The van der Waals surface area contributed by atoms with Gasteiger partial charge in [-0.1, -0.05) is 23.2 Å². The number of nitrogens with zero attached hydrogens (tertiary/aromatic N) is 1. The van der Waals surface area contributed by atoms with Crippen LogP contribution >= 0.6 is 23.2 Å². The third-order valence-corrected chi connectivity index (χ3v) is 6.91. The van der Waals surface area contributed by atoms with E-state index in [1.165, 1.54) is 7.11 Å². The van der Waals surface area contributed by atoms with Crippen molar-refractivity contribution in [3.63, 3.8) is 0 Å². The maximum absolute atomic E-state index is 14.2. The summed E-state index contributed by atoms with van der Waals surface area (Å²) >= 11 is 13.0. The van der Waals surface area contributed by atoms with Crippen LogP contribution in [0.2, 0.25) is 10.0 Å². The normalized spacial score (nSPS) is 16.6. The number of rotatable bonds is 8. The Morgan fingerprint density at radius 3 is 2.44 bits per heavy atom. The summed E-state index contributed by atoms with van der Waals surface area (Å²) in [5.74, 6) is 0.761. The molecule has 188 valence electrons. The first-order valence-corrected chi connectivity index (χ1v) is 11.9. The second kappa shape index (κ2) is 10.4. The van der Waals surface area contributed by atoms with E-state index in [0.717, 1.165) is 16.8 Å². The number of halogens is 2. The van der Waals surface area contributed by atoms with Gasteiger partial charge in [0.15, 0.2) is 0 Å². The Kier molecular flexibility index (Phi) is 7.45. The topological polar surface area (TPSA) is 77.1 Å². The summed E-state index contributed by atoms with van der Waals surface area (Å²) in [6, 6.07) is 15.9. The van der Waals surface area contributed by atoms with Gasteiger partial charge >= 0.3 is 0 Å². The van der Waals surface area contributed by atoms with Crippen LogP contribution in [-0.2, 0) is 26.3 Å². The molecule has 1 unspecified atom stereocenters. The average molecular weight is 529 g/mol.